The number of nitrogens with one attached hydrogen (secondary N) is 2. The molecule has 0 fully saturated rings. The molecule has 0 saturated heterocycles. The number of fused-ring (bicyclic) bond motifs is 1. The first-order valence-electron chi connectivity index (χ1n) is 3.87. The second-order valence-electron chi connectivity index (χ2n) is 2.77. The predicted molar refractivity (Wildman–Crippen MR) is 48.3 cm³/mol. The third kappa shape index (κ3) is 1.32. The van der Waals surface area contributed by atoms with Crippen molar-refractivity contribution >= 4 is 17.3 Å². The van der Waals surface area contributed by atoms with Gasteiger partial charge in [0.15, 0.2) is 0 Å². The van der Waals surface area contributed by atoms with Crippen molar-refractivity contribution in [2.75, 3.05) is 17.2 Å². The Morgan fingerprint density at radius 1 is 1.38 bits per heavy atom. The average Bonchev–Trinajstić information content (AvgIpc) is 2.16. The van der Waals surface area contributed by atoms with Gasteiger partial charge in [0.2, 0.25) is 5.91 Å². The lowest BCUT2D eigenvalue weighted by Crippen LogP contribution is -2.27. The van der Waals surface area contributed by atoms with Gasteiger partial charge < -0.3 is 10.6 Å². The Bertz CT molecular complexity index is 406. The molecule has 0 aliphatic carbocycles. The van der Waals surface area contributed by atoms with Crippen LogP contribution >= 0.6 is 0 Å². The van der Waals surface area contributed by atoms with Crippen molar-refractivity contribution in [2.24, 2.45) is 0 Å². The number of carbonyl (C=O) groups is 1. The van der Waals surface area contributed by atoms with Crippen molar-refractivity contribution in [3.63, 3.8) is 0 Å². The smallest absolute Gasteiger partial charge is 0.243 e. The van der Waals surface area contributed by atoms with Crippen molar-refractivity contribution in [2.45, 2.75) is 0 Å². The molecule has 0 atom stereocenters. The van der Waals surface area contributed by atoms with Crippen LogP contribution in [0.15, 0.2) is 18.2 Å². The zero-order valence-electron chi connectivity index (χ0n) is 6.79. The summed E-state index contributed by atoms with van der Waals surface area (Å²) in [7, 11) is 0. The average molecular weight is 173 g/mol. The fourth-order valence-electron chi connectivity index (χ4n) is 1.24. The lowest BCUT2D eigenvalue weighted by atomic mass is 10.1. The first-order chi connectivity index (χ1) is 6.29. The van der Waals surface area contributed by atoms with Gasteiger partial charge in [0.1, 0.15) is 0 Å². The minimum absolute atomic E-state index is 0.0809. The number of hydrogen-bond acceptors (Lipinski definition) is 3. The van der Waals surface area contributed by atoms with Crippen LogP contribution in [0.3, 0.4) is 0 Å². The second kappa shape index (κ2) is 2.79. The van der Waals surface area contributed by atoms with Crippen LogP contribution < -0.4 is 10.6 Å². The third-order valence-electron chi connectivity index (χ3n) is 1.86. The van der Waals surface area contributed by atoms with E-state index in [0.717, 1.165) is 5.69 Å². The van der Waals surface area contributed by atoms with Crippen molar-refractivity contribution in [3.8, 4) is 6.07 Å². The van der Waals surface area contributed by atoms with Crippen LogP contribution in [0, 0.1) is 11.3 Å². The van der Waals surface area contributed by atoms with E-state index in [1.807, 2.05) is 6.07 Å². The Morgan fingerprint density at radius 2 is 2.23 bits per heavy atom. The molecule has 64 valence electrons. The minimum Gasteiger partial charge on any atom is -0.374 e. The largest absolute Gasteiger partial charge is 0.374 e. The van der Waals surface area contributed by atoms with Gasteiger partial charge in [-0.1, -0.05) is 0 Å². The molecule has 13 heavy (non-hydrogen) atoms. The molecule has 0 spiro atoms. The molecule has 1 heterocycles. The molecular weight excluding hydrogens is 166 g/mol. The molecule has 2 rings (SSSR count). The maximum atomic E-state index is 11.0. The van der Waals surface area contributed by atoms with E-state index in [9.17, 15) is 4.79 Å². The number of nitriles is 1. The third-order valence-corrected chi connectivity index (χ3v) is 1.86. The molecule has 1 amide bonds. The first kappa shape index (κ1) is 7.62. The molecule has 0 saturated carbocycles. The normalized spacial score (nSPS) is 13.6. The number of benzene rings is 1. The zero-order chi connectivity index (χ0) is 9.26. The topological polar surface area (TPSA) is 64.9 Å². The molecule has 1 aromatic rings. The highest BCUT2D eigenvalue weighted by Gasteiger charge is 2.13. The van der Waals surface area contributed by atoms with Crippen molar-refractivity contribution < 1.29 is 4.79 Å². The Kier molecular flexibility index (Phi) is 1.64. The number of amides is 1. The first-order valence-corrected chi connectivity index (χ1v) is 3.87. The van der Waals surface area contributed by atoms with E-state index < -0.39 is 0 Å². The molecule has 2 N–H and O–H groups in total. The molecule has 0 radical (unpaired) electrons. The van der Waals surface area contributed by atoms with Gasteiger partial charge in [-0.05, 0) is 18.2 Å². The fourth-order valence-corrected chi connectivity index (χ4v) is 1.24. The molecule has 1 aromatic carbocycles. The summed E-state index contributed by atoms with van der Waals surface area (Å²) in [6, 6.07) is 7.16. The summed E-state index contributed by atoms with van der Waals surface area (Å²) in [5, 5.41) is 14.2. The second-order valence-corrected chi connectivity index (χ2v) is 2.77. The molecule has 4 nitrogen and oxygen atoms in total. The molecular formula is C9H7N3O. The van der Waals surface area contributed by atoms with E-state index in [2.05, 4.69) is 10.6 Å². The highest BCUT2D eigenvalue weighted by Crippen LogP contribution is 2.25. The van der Waals surface area contributed by atoms with Crippen LogP contribution in [0.25, 0.3) is 0 Å². The standard InChI is InChI=1S/C9H7N3O/c10-4-6-1-2-7-8(3-6)12-9(13)5-11-7/h1-3,11H,5H2,(H,12,13). The van der Waals surface area contributed by atoms with Gasteiger partial charge in [-0.2, -0.15) is 5.26 Å². The Hall–Kier alpha value is -2.02. The van der Waals surface area contributed by atoms with E-state index in [-0.39, 0.29) is 5.91 Å². The van der Waals surface area contributed by atoms with E-state index in [0.29, 0.717) is 17.8 Å². The van der Waals surface area contributed by atoms with Crippen LogP contribution in [0.2, 0.25) is 0 Å². The molecule has 1 aliphatic rings. The van der Waals surface area contributed by atoms with Crippen LogP contribution in [-0.2, 0) is 4.79 Å². The summed E-state index contributed by atoms with van der Waals surface area (Å²) < 4.78 is 0. The lowest BCUT2D eigenvalue weighted by molar-refractivity contribution is -0.114. The maximum Gasteiger partial charge on any atom is 0.243 e. The molecule has 4 heteroatoms. The Morgan fingerprint density at radius 3 is 3.00 bits per heavy atom. The van der Waals surface area contributed by atoms with Crippen LogP contribution in [0.4, 0.5) is 11.4 Å². The van der Waals surface area contributed by atoms with Crippen LogP contribution in [-0.4, -0.2) is 12.5 Å². The van der Waals surface area contributed by atoms with Gasteiger partial charge in [0.05, 0.1) is 29.6 Å². The van der Waals surface area contributed by atoms with Gasteiger partial charge in [0.25, 0.3) is 0 Å². The Labute approximate surface area is 75.2 Å². The quantitative estimate of drug-likeness (QED) is 0.613. The summed E-state index contributed by atoms with van der Waals surface area (Å²) in [5.41, 5.74) is 2.08. The zero-order valence-corrected chi connectivity index (χ0v) is 6.79. The summed E-state index contributed by atoms with van der Waals surface area (Å²) in [6.07, 6.45) is 0. The van der Waals surface area contributed by atoms with Gasteiger partial charge in [0, 0.05) is 0 Å². The summed E-state index contributed by atoms with van der Waals surface area (Å²) in [4.78, 5) is 11.0. The Balaban J connectivity index is 2.45. The molecule has 0 unspecified atom stereocenters. The van der Waals surface area contributed by atoms with Crippen molar-refractivity contribution in [1.82, 2.24) is 0 Å². The van der Waals surface area contributed by atoms with E-state index >= 15 is 0 Å². The lowest BCUT2D eigenvalue weighted by Gasteiger charge is -2.18. The number of carbonyl (C=O) groups excluding carboxylic acids is 1. The number of hydrogen-bond donors (Lipinski definition) is 2. The van der Waals surface area contributed by atoms with Crippen molar-refractivity contribution in [3.05, 3.63) is 23.8 Å². The van der Waals surface area contributed by atoms with E-state index in [4.69, 9.17) is 5.26 Å². The monoisotopic (exact) mass is 173 g/mol. The highest BCUT2D eigenvalue weighted by molar-refractivity contribution is 6.00. The fraction of sp³-hybridized carbons (Fsp3) is 0.111. The van der Waals surface area contributed by atoms with Crippen molar-refractivity contribution in [1.29, 1.82) is 5.26 Å². The number of rotatable bonds is 0. The van der Waals surface area contributed by atoms with Crippen LogP contribution in [0.1, 0.15) is 5.56 Å². The van der Waals surface area contributed by atoms with E-state index in [1.165, 1.54) is 0 Å². The molecule has 0 bridgehead atoms. The van der Waals surface area contributed by atoms with Gasteiger partial charge >= 0.3 is 0 Å². The predicted octanol–water partition coefficient (Wildman–Crippen LogP) is 0.922. The molecule has 0 aromatic heterocycles. The maximum absolute atomic E-state index is 11.0. The number of nitrogens with zero attached hydrogens (tertiary/aromatic N) is 1. The molecule has 1 aliphatic heterocycles. The minimum atomic E-state index is -0.0809. The number of anilines is 2. The van der Waals surface area contributed by atoms with Gasteiger partial charge in [-0.3, -0.25) is 4.79 Å². The highest BCUT2D eigenvalue weighted by atomic mass is 16.2. The van der Waals surface area contributed by atoms with Gasteiger partial charge in [-0.25, -0.2) is 0 Å². The SMILES string of the molecule is N#Cc1ccc2c(c1)NC(=O)CN2. The van der Waals surface area contributed by atoms with Gasteiger partial charge in [-0.15, -0.1) is 0 Å². The summed E-state index contributed by atoms with van der Waals surface area (Å²) in [6.45, 7) is 0.291. The summed E-state index contributed by atoms with van der Waals surface area (Å²) >= 11 is 0. The van der Waals surface area contributed by atoms with E-state index in [1.54, 1.807) is 18.2 Å². The van der Waals surface area contributed by atoms with Crippen LogP contribution in [0.5, 0.6) is 0 Å². The summed E-state index contributed by atoms with van der Waals surface area (Å²) in [5.74, 6) is -0.0809.